The summed E-state index contributed by atoms with van der Waals surface area (Å²) in [4.78, 5) is 24.1. The summed E-state index contributed by atoms with van der Waals surface area (Å²) in [5.74, 6) is -1.94. The van der Waals surface area contributed by atoms with Crippen LogP contribution in [0.4, 0.5) is 0 Å². The first-order valence-electron chi connectivity index (χ1n) is 12.9. The van der Waals surface area contributed by atoms with Gasteiger partial charge in [0.25, 0.3) is 0 Å². The maximum Gasteiger partial charge on any atom is 0.353 e. The summed E-state index contributed by atoms with van der Waals surface area (Å²) < 4.78 is 1.89. The molecule has 0 spiro atoms. The monoisotopic (exact) mass is 517 g/mol. The standard InChI is InChI=1S/C34H31NO4/c1-21-9-10-25(22-11-13-24(14-12-22)32(36)37)19-26(21)20-35-29-8-6-5-7-28(29)30(31(35)33(38)39)23-15-17-27(18-16-23)34(2,3)4/h5-19H,20H2,1-4H3,(H,36,37)(H,38,39). The number of benzene rings is 4. The number of fused-ring (bicyclic) bond motifs is 1. The topological polar surface area (TPSA) is 79.5 Å². The summed E-state index contributed by atoms with van der Waals surface area (Å²) >= 11 is 0. The highest BCUT2D eigenvalue weighted by atomic mass is 16.4. The molecule has 0 radical (unpaired) electrons. The Morgan fingerprint density at radius 2 is 1.36 bits per heavy atom. The smallest absolute Gasteiger partial charge is 0.353 e. The van der Waals surface area contributed by atoms with E-state index in [1.54, 1.807) is 24.3 Å². The molecule has 0 amide bonds. The average Bonchev–Trinajstić information content (AvgIpc) is 3.24. The Labute approximate surface area is 228 Å². The van der Waals surface area contributed by atoms with Crippen LogP contribution in [0.1, 0.15) is 58.3 Å². The van der Waals surface area contributed by atoms with Crippen LogP contribution >= 0.6 is 0 Å². The summed E-state index contributed by atoms with van der Waals surface area (Å²) in [5.41, 5.74) is 8.02. The van der Waals surface area contributed by atoms with Gasteiger partial charge < -0.3 is 14.8 Å². The fraction of sp³-hybridized carbons (Fsp3) is 0.176. The van der Waals surface area contributed by atoms with Crippen LogP contribution in [0.2, 0.25) is 0 Å². The highest BCUT2D eigenvalue weighted by molar-refractivity contribution is 6.08. The number of carboxylic acids is 2. The van der Waals surface area contributed by atoms with Gasteiger partial charge >= 0.3 is 11.9 Å². The molecule has 0 atom stereocenters. The molecular formula is C34H31NO4. The third kappa shape index (κ3) is 4.96. The van der Waals surface area contributed by atoms with Crippen molar-refractivity contribution in [3.8, 4) is 22.3 Å². The Balaban J connectivity index is 1.63. The number of carbonyl (C=O) groups is 2. The number of nitrogens with zero attached hydrogens (tertiary/aromatic N) is 1. The minimum Gasteiger partial charge on any atom is -0.478 e. The van der Waals surface area contributed by atoms with Crippen LogP contribution in [0, 0.1) is 6.92 Å². The molecule has 0 aliphatic heterocycles. The van der Waals surface area contributed by atoms with Gasteiger partial charge in [-0.05, 0) is 70.0 Å². The zero-order chi connectivity index (χ0) is 27.9. The molecule has 0 fully saturated rings. The Kier molecular flexibility index (Phi) is 6.61. The Hall–Kier alpha value is -4.64. The fourth-order valence-corrected chi connectivity index (χ4v) is 5.12. The zero-order valence-electron chi connectivity index (χ0n) is 22.5. The lowest BCUT2D eigenvalue weighted by atomic mass is 9.86. The summed E-state index contributed by atoms with van der Waals surface area (Å²) in [6, 6.07) is 28.9. The van der Waals surface area contributed by atoms with E-state index in [-0.39, 0.29) is 16.7 Å². The molecule has 5 nitrogen and oxygen atoms in total. The summed E-state index contributed by atoms with van der Waals surface area (Å²) in [5, 5.41) is 20.6. The fourth-order valence-electron chi connectivity index (χ4n) is 5.12. The number of aromatic carboxylic acids is 2. The predicted octanol–water partition coefficient (Wildman–Crippen LogP) is 8.03. The van der Waals surface area contributed by atoms with Gasteiger partial charge in [0.1, 0.15) is 5.69 Å². The molecule has 0 aliphatic rings. The molecule has 0 saturated heterocycles. The molecule has 1 heterocycles. The van der Waals surface area contributed by atoms with Gasteiger partial charge in [0.15, 0.2) is 0 Å². The SMILES string of the molecule is Cc1ccc(-c2ccc(C(=O)O)cc2)cc1Cn1c(C(=O)O)c(-c2ccc(C(C)(C)C)cc2)c2ccccc21. The molecule has 5 heteroatoms. The van der Waals surface area contributed by atoms with Crippen molar-refractivity contribution in [2.75, 3.05) is 0 Å². The second-order valence-corrected chi connectivity index (χ2v) is 11.0. The number of aryl methyl sites for hydroxylation is 1. The quantitative estimate of drug-likeness (QED) is 0.239. The number of rotatable bonds is 6. The second-order valence-electron chi connectivity index (χ2n) is 11.0. The minimum atomic E-state index is -0.973. The molecule has 0 saturated carbocycles. The number of para-hydroxylation sites is 1. The summed E-state index contributed by atoms with van der Waals surface area (Å²) in [6.07, 6.45) is 0. The van der Waals surface area contributed by atoms with Crippen molar-refractivity contribution < 1.29 is 19.8 Å². The van der Waals surface area contributed by atoms with E-state index < -0.39 is 11.9 Å². The first-order chi connectivity index (χ1) is 18.5. The van der Waals surface area contributed by atoms with E-state index >= 15 is 0 Å². The van der Waals surface area contributed by atoms with Crippen LogP contribution in [0.25, 0.3) is 33.2 Å². The third-order valence-electron chi connectivity index (χ3n) is 7.36. The first kappa shape index (κ1) is 26.0. The van der Waals surface area contributed by atoms with E-state index in [0.717, 1.165) is 44.3 Å². The minimum absolute atomic E-state index is 0.00134. The Morgan fingerprint density at radius 3 is 1.97 bits per heavy atom. The molecule has 1 aromatic heterocycles. The van der Waals surface area contributed by atoms with Crippen LogP contribution in [0.15, 0.2) is 91.0 Å². The van der Waals surface area contributed by atoms with E-state index in [2.05, 4.69) is 39.0 Å². The molecule has 39 heavy (non-hydrogen) atoms. The van der Waals surface area contributed by atoms with Gasteiger partial charge in [-0.25, -0.2) is 9.59 Å². The van der Waals surface area contributed by atoms with Crippen LogP contribution in [0.5, 0.6) is 0 Å². The van der Waals surface area contributed by atoms with E-state index in [0.29, 0.717) is 6.54 Å². The van der Waals surface area contributed by atoms with Gasteiger partial charge in [-0.3, -0.25) is 0 Å². The zero-order valence-corrected chi connectivity index (χ0v) is 22.5. The van der Waals surface area contributed by atoms with Crippen molar-refractivity contribution in [2.45, 2.75) is 39.7 Å². The molecule has 0 aliphatic carbocycles. The van der Waals surface area contributed by atoms with E-state index in [1.807, 2.05) is 60.0 Å². The van der Waals surface area contributed by atoms with Crippen molar-refractivity contribution in [2.24, 2.45) is 0 Å². The van der Waals surface area contributed by atoms with Crippen molar-refractivity contribution in [1.82, 2.24) is 4.57 Å². The van der Waals surface area contributed by atoms with Crippen molar-refractivity contribution in [3.05, 3.63) is 119 Å². The highest BCUT2D eigenvalue weighted by Gasteiger charge is 2.24. The summed E-state index contributed by atoms with van der Waals surface area (Å²) in [7, 11) is 0. The average molecular weight is 518 g/mol. The highest BCUT2D eigenvalue weighted by Crippen LogP contribution is 2.37. The molecular weight excluding hydrogens is 486 g/mol. The van der Waals surface area contributed by atoms with E-state index in [4.69, 9.17) is 0 Å². The Bertz CT molecular complexity index is 1700. The largest absolute Gasteiger partial charge is 0.478 e. The van der Waals surface area contributed by atoms with Crippen LogP contribution in [0.3, 0.4) is 0 Å². The molecule has 2 N–H and O–H groups in total. The maximum absolute atomic E-state index is 12.8. The van der Waals surface area contributed by atoms with Gasteiger partial charge in [-0.15, -0.1) is 0 Å². The lowest BCUT2D eigenvalue weighted by Gasteiger charge is -2.19. The number of hydrogen-bond acceptors (Lipinski definition) is 2. The number of hydrogen-bond donors (Lipinski definition) is 2. The first-order valence-corrected chi connectivity index (χ1v) is 12.9. The van der Waals surface area contributed by atoms with Crippen molar-refractivity contribution in [3.63, 3.8) is 0 Å². The third-order valence-corrected chi connectivity index (χ3v) is 7.36. The number of carboxylic acid groups (broad SMARTS) is 2. The van der Waals surface area contributed by atoms with Gasteiger partial charge in [0, 0.05) is 23.0 Å². The van der Waals surface area contributed by atoms with E-state index in [1.165, 1.54) is 5.56 Å². The molecule has 0 bridgehead atoms. The summed E-state index contributed by atoms with van der Waals surface area (Å²) in [6.45, 7) is 8.88. The van der Waals surface area contributed by atoms with Gasteiger partial charge in [0.2, 0.25) is 0 Å². The van der Waals surface area contributed by atoms with Gasteiger partial charge in [-0.1, -0.05) is 87.5 Å². The van der Waals surface area contributed by atoms with Crippen molar-refractivity contribution in [1.29, 1.82) is 0 Å². The molecule has 4 aromatic carbocycles. The molecule has 5 rings (SSSR count). The van der Waals surface area contributed by atoms with Crippen molar-refractivity contribution >= 4 is 22.8 Å². The number of aromatic nitrogens is 1. The lowest BCUT2D eigenvalue weighted by Crippen LogP contribution is -2.12. The normalized spacial score (nSPS) is 11.6. The van der Waals surface area contributed by atoms with Crippen LogP contribution in [-0.2, 0) is 12.0 Å². The van der Waals surface area contributed by atoms with Gasteiger partial charge in [-0.2, -0.15) is 0 Å². The Morgan fingerprint density at radius 1 is 0.744 bits per heavy atom. The van der Waals surface area contributed by atoms with Crippen LogP contribution in [-0.4, -0.2) is 26.7 Å². The molecule has 0 unspecified atom stereocenters. The molecule has 196 valence electrons. The maximum atomic E-state index is 12.8. The second kappa shape index (κ2) is 9.91. The van der Waals surface area contributed by atoms with Crippen LogP contribution < -0.4 is 0 Å². The van der Waals surface area contributed by atoms with E-state index in [9.17, 15) is 19.8 Å². The molecule has 5 aromatic rings. The predicted molar refractivity (Wildman–Crippen MR) is 156 cm³/mol. The lowest BCUT2D eigenvalue weighted by molar-refractivity contribution is 0.0680. The van der Waals surface area contributed by atoms with Gasteiger partial charge in [0.05, 0.1) is 5.56 Å².